The monoisotopic (exact) mass is 518 g/mol. The number of hydrogen-bond donors (Lipinski definition) is 0. The SMILES string of the molecule is CCCCCCCCCCCCCCCCCCCCCCCCCCCCOC(=O)C(F)=C(F)F. The molecule has 0 spiro atoms. The summed E-state index contributed by atoms with van der Waals surface area (Å²) >= 11 is 0. The molecule has 36 heavy (non-hydrogen) atoms. The van der Waals surface area contributed by atoms with Crippen LogP contribution in [0.1, 0.15) is 174 Å². The summed E-state index contributed by atoms with van der Waals surface area (Å²) in [6.45, 7) is 2.28. The molecule has 0 unspecified atom stereocenters. The molecule has 214 valence electrons. The zero-order valence-electron chi connectivity index (χ0n) is 23.5. The normalized spacial score (nSPS) is 11.1. The maximum atomic E-state index is 12.6. The summed E-state index contributed by atoms with van der Waals surface area (Å²) in [6, 6.07) is 0. The number of unbranched alkanes of at least 4 members (excludes halogenated alkanes) is 25. The molecule has 0 rings (SSSR count). The molecule has 0 saturated carbocycles. The topological polar surface area (TPSA) is 26.3 Å². The van der Waals surface area contributed by atoms with Crippen molar-refractivity contribution in [3.8, 4) is 0 Å². The molecule has 2 nitrogen and oxygen atoms in total. The lowest BCUT2D eigenvalue weighted by molar-refractivity contribution is -0.141. The Morgan fingerprint density at radius 1 is 0.444 bits per heavy atom. The highest BCUT2D eigenvalue weighted by Crippen LogP contribution is 2.16. The van der Waals surface area contributed by atoms with E-state index in [9.17, 15) is 18.0 Å². The van der Waals surface area contributed by atoms with Crippen molar-refractivity contribution in [2.45, 2.75) is 174 Å². The summed E-state index contributed by atoms with van der Waals surface area (Å²) < 4.78 is 40.8. The molecule has 5 heteroatoms. The molecule has 0 aliphatic heterocycles. The van der Waals surface area contributed by atoms with Crippen molar-refractivity contribution >= 4 is 5.97 Å². The van der Waals surface area contributed by atoms with Crippen molar-refractivity contribution in [2.24, 2.45) is 0 Å². The van der Waals surface area contributed by atoms with Crippen LogP contribution in [0.25, 0.3) is 0 Å². The number of ether oxygens (including phenoxy) is 1. The van der Waals surface area contributed by atoms with Crippen LogP contribution < -0.4 is 0 Å². The minimum Gasteiger partial charge on any atom is -0.460 e. The second kappa shape index (κ2) is 28.6. The molecule has 0 aromatic carbocycles. The van der Waals surface area contributed by atoms with Crippen molar-refractivity contribution in [3.05, 3.63) is 11.9 Å². The van der Waals surface area contributed by atoms with Gasteiger partial charge in [-0.25, -0.2) is 4.79 Å². The Labute approximate surface area is 221 Å². The Kier molecular flexibility index (Phi) is 27.8. The molecular weight excluding hydrogens is 461 g/mol. The third-order valence-corrected chi connectivity index (χ3v) is 7.08. The van der Waals surface area contributed by atoms with E-state index >= 15 is 0 Å². The molecule has 0 amide bonds. The van der Waals surface area contributed by atoms with Gasteiger partial charge in [-0.05, 0) is 6.42 Å². The highest BCUT2D eigenvalue weighted by atomic mass is 19.3. The van der Waals surface area contributed by atoms with E-state index in [4.69, 9.17) is 0 Å². The first kappa shape index (κ1) is 35.0. The highest BCUT2D eigenvalue weighted by Gasteiger charge is 2.16. The van der Waals surface area contributed by atoms with Gasteiger partial charge in [-0.2, -0.15) is 13.2 Å². The number of carbonyl (C=O) groups is 1. The van der Waals surface area contributed by atoms with Crippen LogP contribution >= 0.6 is 0 Å². The van der Waals surface area contributed by atoms with Crippen molar-refractivity contribution in [1.82, 2.24) is 0 Å². The second-order valence-electron chi connectivity index (χ2n) is 10.5. The molecule has 0 bridgehead atoms. The third-order valence-electron chi connectivity index (χ3n) is 7.08. The van der Waals surface area contributed by atoms with E-state index in [1.54, 1.807) is 0 Å². The Morgan fingerprint density at radius 2 is 0.694 bits per heavy atom. The van der Waals surface area contributed by atoms with Gasteiger partial charge in [0.25, 0.3) is 5.83 Å². The van der Waals surface area contributed by atoms with Crippen LogP contribution in [0.2, 0.25) is 0 Å². The number of halogens is 3. The fourth-order valence-electron chi connectivity index (χ4n) is 4.72. The predicted molar refractivity (Wildman–Crippen MR) is 147 cm³/mol. The van der Waals surface area contributed by atoms with Crippen LogP contribution in [0, 0.1) is 0 Å². The molecule has 0 aromatic heterocycles. The highest BCUT2D eigenvalue weighted by molar-refractivity contribution is 5.86. The van der Waals surface area contributed by atoms with Gasteiger partial charge in [-0.3, -0.25) is 0 Å². The van der Waals surface area contributed by atoms with E-state index in [0.29, 0.717) is 6.42 Å². The molecule has 0 N–H and O–H groups in total. The fourth-order valence-corrected chi connectivity index (χ4v) is 4.72. The minimum absolute atomic E-state index is 0.00110. The Balaban J connectivity index is 3.12. The molecule has 0 fully saturated rings. The second-order valence-corrected chi connectivity index (χ2v) is 10.5. The van der Waals surface area contributed by atoms with Gasteiger partial charge in [0.2, 0.25) is 0 Å². The predicted octanol–water partition coefficient (Wildman–Crippen LogP) is 11.8. The quantitative estimate of drug-likeness (QED) is 0.0585. The lowest BCUT2D eigenvalue weighted by Gasteiger charge is -2.05. The molecule has 0 saturated heterocycles. The third kappa shape index (κ3) is 26.1. The van der Waals surface area contributed by atoms with Gasteiger partial charge in [0.15, 0.2) is 0 Å². The lowest BCUT2D eigenvalue weighted by Crippen LogP contribution is -2.07. The van der Waals surface area contributed by atoms with Crippen LogP contribution in [0.5, 0.6) is 0 Å². The molecule has 0 radical (unpaired) electrons. The fraction of sp³-hybridized carbons (Fsp3) is 0.903. The van der Waals surface area contributed by atoms with E-state index in [1.165, 1.54) is 141 Å². The molecular formula is C31H57F3O2. The van der Waals surface area contributed by atoms with E-state index in [1.807, 2.05) is 0 Å². The van der Waals surface area contributed by atoms with Crippen molar-refractivity contribution < 1.29 is 22.7 Å². The first-order valence-electron chi connectivity index (χ1n) is 15.5. The van der Waals surface area contributed by atoms with E-state index < -0.39 is 17.9 Å². The van der Waals surface area contributed by atoms with E-state index in [2.05, 4.69) is 11.7 Å². The van der Waals surface area contributed by atoms with Gasteiger partial charge in [-0.15, -0.1) is 0 Å². The minimum atomic E-state index is -2.62. The number of rotatable bonds is 28. The lowest BCUT2D eigenvalue weighted by atomic mass is 10.0. The van der Waals surface area contributed by atoms with Gasteiger partial charge in [0.1, 0.15) is 0 Å². The molecule has 0 aliphatic carbocycles. The van der Waals surface area contributed by atoms with Crippen LogP contribution in [-0.2, 0) is 9.53 Å². The Morgan fingerprint density at radius 3 is 0.944 bits per heavy atom. The zero-order chi connectivity index (χ0) is 26.5. The summed E-state index contributed by atoms with van der Waals surface area (Å²) in [5, 5.41) is 0. The molecule has 0 aliphatic rings. The number of hydrogen-bond acceptors (Lipinski definition) is 2. The maximum absolute atomic E-state index is 12.6. The number of carbonyl (C=O) groups excluding carboxylic acids is 1. The van der Waals surface area contributed by atoms with E-state index in [-0.39, 0.29) is 6.61 Å². The van der Waals surface area contributed by atoms with Gasteiger partial charge in [0.05, 0.1) is 6.61 Å². The summed E-state index contributed by atoms with van der Waals surface area (Å²) in [5.41, 5.74) is 0. The van der Waals surface area contributed by atoms with E-state index in [0.717, 1.165) is 19.3 Å². The van der Waals surface area contributed by atoms with Gasteiger partial charge in [0, 0.05) is 0 Å². The summed E-state index contributed by atoms with van der Waals surface area (Å²) in [6.07, 6.45) is 31.7. The average Bonchev–Trinajstić information content (AvgIpc) is 2.87. The van der Waals surface area contributed by atoms with Crippen molar-refractivity contribution in [2.75, 3.05) is 6.61 Å². The smallest absolute Gasteiger partial charge is 0.372 e. The largest absolute Gasteiger partial charge is 0.460 e. The number of esters is 1. The van der Waals surface area contributed by atoms with Crippen LogP contribution in [0.15, 0.2) is 11.9 Å². The summed E-state index contributed by atoms with van der Waals surface area (Å²) in [7, 11) is 0. The first-order valence-corrected chi connectivity index (χ1v) is 15.5. The standard InChI is InChI=1S/C31H57F3O2/c1-2-3-4-5-6-7-8-9-10-11-12-13-14-15-16-17-18-19-20-21-22-23-24-25-26-27-28-36-31(35)29(32)30(33)34/h2-28H2,1H3. The Bertz CT molecular complexity index is 504. The van der Waals surface area contributed by atoms with Crippen LogP contribution in [0.4, 0.5) is 13.2 Å². The van der Waals surface area contributed by atoms with Gasteiger partial charge >= 0.3 is 12.0 Å². The van der Waals surface area contributed by atoms with Crippen LogP contribution in [0.3, 0.4) is 0 Å². The average molecular weight is 519 g/mol. The van der Waals surface area contributed by atoms with Crippen molar-refractivity contribution in [1.29, 1.82) is 0 Å². The zero-order valence-corrected chi connectivity index (χ0v) is 23.5. The molecule has 0 heterocycles. The Hall–Kier alpha value is -1.00. The van der Waals surface area contributed by atoms with Crippen LogP contribution in [-0.4, -0.2) is 12.6 Å². The van der Waals surface area contributed by atoms with Gasteiger partial charge in [-0.1, -0.05) is 167 Å². The summed E-state index contributed by atoms with van der Waals surface area (Å²) in [4.78, 5) is 10.9. The molecule has 0 atom stereocenters. The maximum Gasteiger partial charge on any atom is 0.372 e. The van der Waals surface area contributed by atoms with Crippen molar-refractivity contribution in [3.63, 3.8) is 0 Å². The van der Waals surface area contributed by atoms with Gasteiger partial charge < -0.3 is 4.74 Å². The summed E-state index contributed by atoms with van der Waals surface area (Å²) in [5.74, 6) is -3.64. The first-order chi connectivity index (χ1) is 17.6. The molecule has 0 aromatic rings.